The number of hydrogen-bond acceptors (Lipinski definition) is 3. The molecule has 0 fully saturated rings. The minimum Gasteiger partial charge on any atom is -0.497 e. The Bertz CT molecular complexity index is 348. The molecule has 0 radical (unpaired) electrons. The molecule has 1 rings (SSSR count). The van der Waals surface area contributed by atoms with Crippen molar-refractivity contribution in [3.05, 3.63) is 18.2 Å². The van der Waals surface area contributed by atoms with Gasteiger partial charge >= 0.3 is 0 Å². The van der Waals surface area contributed by atoms with Crippen LogP contribution < -0.4 is 15.8 Å². The van der Waals surface area contributed by atoms with Crippen molar-refractivity contribution in [1.82, 2.24) is 0 Å². The molecule has 0 spiro atoms. The summed E-state index contributed by atoms with van der Waals surface area (Å²) in [4.78, 5) is 0. The molecule has 0 aliphatic carbocycles. The quantitative estimate of drug-likeness (QED) is 0.743. The summed E-state index contributed by atoms with van der Waals surface area (Å²) in [6.45, 7) is 6.65. The van der Waals surface area contributed by atoms with Gasteiger partial charge in [0.1, 0.15) is 5.75 Å². The van der Waals surface area contributed by atoms with Crippen molar-refractivity contribution in [2.45, 2.75) is 39.7 Å². The van der Waals surface area contributed by atoms with Crippen molar-refractivity contribution in [3.63, 3.8) is 0 Å². The zero-order chi connectivity index (χ0) is 12.8. The van der Waals surface area contributed by atoms with Gasteiger partial charge in [-0.25, -0.2) is 0 Å². The van der Waals surface area contributed by atoms with Crippen LogP contribution >= 0.6 is 0 Å². The number of ether oxygens (including phenoxy) is 1. The zero-order valence-electron chi connectivity index (χ0n) is 11.3. The van der Waals surface area contributed by atoms with Crippen LogP contribution in [-0.4, -0.2) is 13.2 Å². The predicted molar refractivity (Wildman–Crippen MR) is 74.6 cm³/mol. The summed E-state index contributed by atoms with van der Waals surface area (Å²) in [6, 6.07) is 6.12. The normalized spacial score (nSPS) is 12.5. The first kappa shape index (κ1) is 13.7. The van der Waals surface area contributed by atoms with E-state index < -0.39 is 0 Å². The first-order valence-corrected chi connectivity index (χ1v) is 6.32. The highest BCUT2D eigenvalue weighted by molar-refractivity contribution is 5.68. The summed E-state index contributed by atoms with van der Waals surface area (Å²) in [7, 11) is 1.67. The lowest BCUT2D eigenvalue weighted by Crippen LogP contribution is -2.25. The van der Waals surface area contributed by atoms with Gasteiger partial charge in [0.05, 0.1) is 18.5 Å². The summed E-state index contributed by atoms with van der Waals surface area (Å²) < 4.78 is 5.21. The van der Waals surface area contributed by atoms with Gasteiger partial charge in [-0.1, -0.05) is 26.7 Å². The molecular weight excluding hydrogens is 212 g/mol. The standard InChI is InChI=1S/C14H24N2O/c1-5-11(6-2)10(3)16-14-9-12(17-4)7-8-13(14)15/h7-11,16H,5-6,15H2,1-4H3. The van der Waals surface area contributed by atoms with E-state index in [2.05, 4.69) is 26.1 Å². The van der Waals surface area contributed by atoms with Gasteiger partial charge in [0.15, 0.2) is 0 Å². The van der Waals surface area contributed by atoms with Gasteiger partial charge in [-0.15, -0.1) is 0 Å². The molecule has 0 bridgehead atoms. The van der Waals surface area contributed by atoms with Crippen LogP contribution in [-0.2, 0) is 0 Å². The van der Waals surface area contributed by atoms with Crippen molar-refractivity contribution in [3.8, 4) is 5.75 Å². The summed E-state index contributed by atoms with van der Waals surface area (Å²) in [6.07, 6.45) is 2.35. The Balaban J connectivity index is 2.79. The Hall–Kier alpha value is -1.38. The maximum Gasteiger partial charge on any atom is 0.121 e. The Kier molecular flexibility index (Phi) is 5.13. The minimum absolute atomic E-state index is 0.416. The molecular formula is C14H24N2O. The summed E-state index contributed by atoms with van der Waals surface area (Å²) >= 11 is 0. The average Bonchev–Trinajstić information content (AvgIpc) is 2.33. The highest BCUT2D eigenvalue weighted by Crippen LogP contribution is 2.27. The SMILES string of the molecule is CCC(CC)C(C)Nc1cc(OC)ccc1N. The van der Waals surface area contributed by atoms with E-state index in [1.807, 2.05) is 18.2 Å². The first-order valence-electron chi connectivity index (χ1n) is 6.32. The molecule has 17 heavy (non-hydrogen) atoms. The number of methoxy groups -OCH3 is 1. The average molecular weight is 236 g/mol. The zero-order valence-corrected chi connectivity index (χ0v) is 11.3. The maximum absolute atomic E-state index is 5.96. The van der Waals surface area contributed by atoms with E-state index in [0.717, 1.165) is 17.1 Å². The molecule has 96 valence electrons. The highest BCUT2D eigenvalue weighted by atomic mass is 16.5. The molecule has 3 nitrogen and oxygen atoms in total. The number of anilines is 2. The van der Waals surface area contributed by atoms with Crippen LogP contribution in [0, 0.1) is 5.92 Å². The molecule has 0 aliphatic heterocycles. The van der Waals surface area contributed by atoms with Gasteiger partial charge in [-0.05, 0) is 25.0 Å². The molecule has 0 aromatic heterocycles. The number of benzene rings is 1. The lowest BCUT2D eigenvalue weighted by atomic mass is 9.95. The third-order valence-electron chi connectivity index (χ3n) is 3.40. The predicted octanol–water partition coefficient (Wildman–Crippen LogP) is 3.51. The molecule has 0 saturated heterocycles. The number of nitrogens with one attached hydrogen (secondary N) is 1. The number of rotatable bonds is 6. The van der Waals surface area contributed by atoms with Crippen LogP contribution in [0.1, 0.15) is 33.6 Å². The van der Waals surface area contributed by atoms with Gasteiger partial charge in [-0.2, -0.15) is 0 Å². The van der Waals surface area contributed by atoms with Crippen LogP contribution in [0.15, 0.2) is 18.2 Å². The van der Waals surface area contributed by atoms with E-state index in [1.54, 1.807) is 7.11 Å². The Morgan fingerprint density at radius 3 is 2.47 bits per heavy atom. The first-order chi connectivity index (χ1) is 8.12. The topological polar surface area (TPSA) is 47.3 Å². The van der Waals surface area contributed by atoms with Crippen LogP contribution in [0.25, 0.3) is 0 Å². The molecule has 1 unspecified atom stereocenters. The lowest BCUT2D eigenvalue weighted by Gasteiger charge is -2.24. The second kappa shape index (κ2) is 6.38. The minimum atomic E-state index is 0.416. The van der Waals surface area contributed by atoms with E-state index in [4.69, 9.17) is 10.5 Å². The largest absolute Gasteiger partial charge is 0.497 e. The molecule has 3 N–H and O–H groups in total. The third kappa shape index (κ3) is 3.55. The van der Waals surface area contributed by atoms with Gasteiger partial charge in [0.2, 0.25) is 0 Å². The molecule has 3 heteroatoms. The molecule has 1 atom stereocenters. The van der Waals surface area contributed by atoms with Gasteiger partial charge in [-0.3, -0.25) is 0 Å². The van der Waals surface area contributed by atoms with Crippen LogP contribution in [0.4, 0.5) is 11.4 Å². The Morgan fingerprint density at radius 1 is 1.29 bits per heavy atom. The van der Waals surface area contributed by atoms with Gasteiger partial charge in [0.25, 0.3) is 0 Å². The van der Waals surface area contributed by atoms with Crippen LogP contribution in [0.3, 0.4) is 0 Å². The fourth-order valence-electron chi connectivity index (χ4n) is 2.15. The van der Waals surface area contributed by atoms with Crippen molar-refractivity contribution in [2.24, 2.45) is 5.92 Å². The van der Waals surface area contributed by atoms with E-state index in [1.165, 1.54) is 12.8 Å². The molecule has 0 saturated carbocycles. The Morgan fingerprint density at radius 2 is 1.94 bits per heavy atom. The van der Waals surface area contributed by atoms with Crippen LogP contribution in [0.2, 0.25) is 0 Å². The molecule has 1 aromatic carbocycles. The summed E-state index contributed by atoms with van der Waals surface area (Å²) in [5, 5.41) is 3.48. The van der Waals surface area contributed by atoms with Crippen molar-refractivity contribution >= 4 is 11.4 Å². The number of hydrogen-bond donors (Lipinski definition) is 2. The fourth-order valence-corrected chi connectivity index (χ4v) is 2.15. The van der Waals surface area contributed by atoms with Crippen molar-refractivity contribution < 1.29 is 4.74 Å². The van der Waals surface area contributed by atoms with E-state index in [0.29, 0.717) is 12.0 Å². The lowest BCUT2D eigenvalue weighted by molar-refractivity contribution is 0.414. The highest BCUT2D eigenvalue weighted by Gasteiger charge is 2.14. The Labute approximate surface area is 104 Å². The number of nitrogens with two attached hydrogens (primary N) is 1. The monoisotopic (exact) mass is 236 g/mol. The summed E-state index contributed by atoms with van der Waals surface area (Å²) in [5.74, 6) is 1.50. The van der Waals surface area contributed by atoms with Gasteiger partial charge in [0, 0.05) is 12.1 Å². The third-order valence-corrected chi connectivity index (χ3v) is 3.40. The maximum atomic E-state index is 5.96. The van der Waals surface area contributed by atoms with Crippen molar-refractivity contribution in [1.29, 1.82) is 0 Å². The van der Waals surface area contributed by atoms with Crippen molar-refractivity contribution in [2.75, 3.05) is 18.2 Å². The number of nitrogen functional groups attached to an aromatic ring is 1. The molecule has 0 amide bonds. The second-order valence-electron chi connectivity index (χ2n) is 4.46. The van der Waals surface area contributed by atoms with Crippen LogP contribution in [0.5, 0.6) is 5.75 Å². The van der Waals surface area contributed by atoms with E-state index >= 15 is 0 Å². The molecule has 0 heterocycles. The molecule has 0 aliphatic rings. The van der Waals surface area contributed by atoms with E-state index in [-0.39, 0.29) is 0 Å². The smallest absolute Gasteiger partial charge is 0.121 e. The summed E-state index contributed by atoms with van der Waals surface area (Å²) in [5.41, 5.74) is 7.69. The fraction of sp³-hybridized carbons (Fsp3) is 0.571. The van der Waals surface area contributed by atoms with E-state index in [9.17, 15) is 0 Å². The van der Waals surface area contributed by atoms with Gasteiger partial charge < -0.3 is 15.8 Å². The second-order valence-corrected chi connectivity index (χ2v) is 4.46. The molecule has 1 aromatic rings.